The molecule has 4 heteroatoms. The minimum Gasteiger partial charge on any atom is -0.395 e. The third-order valence-corrected chi connectivity index (χ3v) is 3.95. The van der Waals surface area contributed by atoms with E-state index in [0.717, 1.165) is 25.1 Å². The summed E-state index contributed by atoms with van der Waals surface area (Å²) in [6.45, 7) is 4.43. The first kappa shape index (κ1) is 15.6. The molecule has 1 aromatic rings. The molecule has 21 heavy (non-hydrogen) atoms. The molecular weight excluding hydrogens is 264 g/mol. The Morgan fingerprint density at radius 1 is 1.52 bits per heavy atom. The van der Waals surface area contributed by atoms with E-state index in [0.29, 0.717) is 13.0 Å². The molecule has 1 aliphatic heterocycles. The molecule has 0 bridgehead atoms. The molecule has 0 spiro atoms. The van der Waals surface area contributed by atoms with Crippen molar-refractivity contribution in [3.05, 3.63) is 35.4 Å². The maximum Gasteiger partial charge on any atom is 0.224 e. The summed E-state index contributed by atoms with van der Waals surface area (Å²) in [5.41, 5.74) is 7.21. The molecule has 0 saturated carbocycles. The van der Waals surface area contributed by atoms with E-state index in [-0.39, 0.29) is 12.5 Å². The van der Waals surface area contributed by atoms with E-state index in [9.17, 15) is 4.79 Å². The zero-order valence-electron chi connectivity index (χ0n) is 12.4. The number of carbonyl (C=O) groups excluding carboxylic acids is 1. The van der Waals surface area contributed by atoms with Crippen LogP contribution in [0.1, 0.15) is 30.9 Å². The lowest BCUT2D eigenvalue weighted by atomic mass is 9.89. The summed E-state index contributed by atoms with van der Waals surface area (Å²) < 4.78 is 0. The number of rotatable bonds is 4. The van der Waals surface area contributed by atoms with Crippen LogP contribution in [0.2, 0.25) is 0 Å². The quantitative estimate of drug-likeness (QED) is 0.815. The number of benzene rings is 1. The number of primary amides is 1. The van der Waals surface area contributed by atoms with E-state index >= 15 is 0 Å². The summed E-state index contributed by atoms with van der Waals surface area (Å²) in [7, 11) is 0. The van der Waals surface area contributed by atoms with Gasteiger partial charge in [0.25, 0.3) is 0 Å². The first-order chi connectivity index (χ1) is 10.0. The van der Waals surface area contributed by atoms with Crippen LogP contribution in [0.3, 0.4) is 0 Å². The molecule has 1 heterocycles. The summed E-state index contributed by atoms with van der Waals surface area (Å²) in [5.74, 6) is 5.75. The number of hydrogen-bond donors (Lipinski definition) is 2. The maximum atomic E-state index is 11.5. The second-order valence-electron chi connectivity index (χ2n) is 5.86. The number of aliphatic hydroxyl groups excluding tert-OH is 1. The minimum atomic E-state index is -0.404. The summed E-state index contributed by atoms with van der Waals surface area (Å²) in [5, 5.41) is 8.74. The highest BCUT2D eigenvalue weighted by Crippen LogP contribution is 2.30. The smallest absolute Gasteiger partial charge is 0.224 e. The summed E-state index contributed by atoms with van der Waals surface area (Å²) in [6.07, 6.45) is 1.31. The van der Waals surface area contributed by atoms with Crippen molar-refractivity contribution in [3.63, 3.8) is 0 Å². The predicted octanol–water partition coefficient (Wildman–Crippen LogP) is 1.12. The molecule has 1 fully saturated rings. The highest BCUT2D eigenvalue weighted by atomic mass is 16.2. The molecule has 1 saturated heterocycles. The lowest BCUT2D eigenvalue weighted by molar-refractivity contribution is -0.126. The topological polar surface area (TPSA) is 66.6 Å². The Hall–Kier alpha value is -1.83. The molecule has 2 rings (SSSR count). The maximum absolute atomic E-state index is 11.5. The van der Waals surface area contributed by atoms with Crippen LogP contribution in [-0.2, 0) is 11.3 Å². The number of nitrogens with zero attached hydrogens (tertiary/aromatic N) is 1. The van der Waals surface area contributed by atoms with E-state index in [4.69, 9.17) is 10.8 Å². The van der Waals surface area contributed by atoms with Crippen LogP contribution in [0.5, 0.6) is 0 Å². The monoisotopic (exact) mass is 286 g/mol. The second-order valence-corrected chi connectivity index (χ2v) is 5.86. The van der Waals surface area contributed by atoms with Gasteiger partial charge in [0.2, 0.25) is 5.91 Å². The normalized spacial score (nSPS) is 21.8. The van der Waals surface area contributed by atoms with Gasteiger partial charge in [-0.25, -0.2) is 0 Å². The van der Waals surface area contributed by atoms with Crippen LogP contribution >= 0.6 is 0 Å². The summed E-state index contributed by atoms with van der Waals surface area (Å²) in [4.78, 5) is 13.7. The van der Waals surface area contributed by atoms with Gasteiger partial charge in [-0.15, -0.1) is 0 Å². The first-order valence-electron chi connectivity index (χ1n) is 7.24. The van der Waals surface area contributed by atoms with E-state index in [2.05, 4.69) is 28.9 Å². The third kappa shape index (κ3) is 4.07. The van der Waals surface area contributed by atoms with Crippen molar-refractivity contribution >= 4 is 5.91 Å². The fraction of sp³-hybridized carbons (Fsp3) is 0.471. The molecule has 0 aromatic heterocycles. The molecule has 4 nitrogen and oxygen atoms in total. The summed E-state index contributed by atoms with van der Waals surface area (Å²) in [6, 6.07) is 8.08. The average molecular weight is 286 g/mol. The molecule has 3 N–H and O–H groups in total. The number of likely N-dealkylation sites (tertiary alicyclic amines) is 1. The molecule has 112 valence electrons. The fourth-order valence-corrected chi connectivity index (χ4v) is 2.62. The second kappa shape index (κ2) is 6.75. The molecule has 1 unspecified atom stereocenters. The number of nitrogens with two attached hydrogens (primary N) is 1. The Morgan fingerprint density at radius 3 is 3.00 bits per heavy atom. The van der Waals surface area contributed by atoms with Gasteiger partial charge < -0.3 is 10.8 Å². The first-order valence-corrected chi connectivity index (χ1v) is 7.24. The average Bonchev–Trinajstić information content (AvgIpc) is 2.82. The lowest BCUT2D eigenvalue weighted by Crippen LogP contribution is -2.36. The summed E-state index contributed by atoms with van der Waals surface area (Å²) >= 11 is 0. The van der Waals surface area contributed by atoms with Gasteiger partial charge in [0.05, 0.1) is 12.0 Å². The SMILES string of the molecule is CC1(C(N)=O)CCN(Cc2cccc(C#CCCO)c2)C1. The Bertz CT molecular complexity index is 574. The Kier molecular flexibility index (Phi) is 5.00. The number of hydrogen-bond acceptors (Lipinski definition) is 3. The van der Waals surface area contributed by atoms with Crippen molar-refractivity contribution < 1.29 is 9.90 Å². The van der Waals surface area contributed by atoms with E-state index in [1.165, 1.54) is 5.56 Å². The number of aliphatic hydroxyl groups is 1. The molecule has 0 radical (unpaired) electrons. The highest BCUT2D eigenvalue weighted by Gasteiger charge is 2.38. The van der Waals surface area contributed by atoms with Gasteiger partial charge in [0, 0.05) is 25.1 Å². The zero-order valence-corrected chi connectivity index (χ0v) is 12.4. The van der Waals surface area contributed by atoms with E-state index in [1.54, 1.807) is 0 Å². The van der Waals surface area contributed by atoms with Gasteiger partial charge >= 0.3 is 0 Å². The lowest BCUT2D eigenvalue weighted by Gasteiger charge is -2.21. The van der Waals surface area contributed by atoms with E-state index in [1.807, 2.05) is 19.1 Å². The largest absolute Gasteiger partial charge is 0.395 e. The van der Waals surface area contributed by atoms with Crippen molar-refractivity contribution in [2.24, 2.45) is 11.1 Å². The molecule has 1 amide bonds. The zero-order chi connectivity index (χ0) is 15.3. The minimum absolute atomic E-state index is 0.0895. The van der Waals surface area contributed by atoms with Gasteiger partial charge in [0.1, 0.15) is 0 Å². The van der Waals surface area contributed by atoms with Gasteiger partial charge in [-0.3, -0.25) is 9.69 Å². The van der Waals surface area contributed by atoms with Crippen LogP contribution < -0.4 is 5.73 Å². The third-order valence-electron chi connectivity index (χ3n) is 3.95. The van der Waals surface area contributed by atoms with Gasteiger partial charge in [-0.1, -0.05) is 24.0 Å². The van der Waals surface area contributed by atoms with Gasteiger partial charge in [-0.05, 0) is 37.6 Å². The molecule has 1 atom stereocenters. The molecule has 1 aliphatic rings. The van der Waals surface area contributed by atoms with Crippen molar-refractivity contribution in [2.75, 3.05) is 19.7 Å². The van der Waals surface area contributed by atoms with Crippen molar-refractivity contribution in [3.8, 4) is 11.8 Å². The van der Waals surface area contributed by atoms with Crippen molar-refractivity contribution in [1.82, 2.24) is 4.90 Å². The van der Waals surface area contributed by atoms with Crippen LogP contribution in [-0.4, -0.2) is 35.6 Å². The van der Waals surface area contributed by atoms with Crippen molar-refractivity contribution in [1.29, 1.82) is 0 Å². The van der Waals surface area contributed by atoms with Crippen LogP contribution in [0.25, 0.3) is 0 Å². The van der Waals surface area contributed by atoms with Gasteiger partial charge in [-0.2, -0.15) is 0 Å². The predicted molar refractivity (Wildman–Crippen MR) is 82.2 cm³/mol. The Labute approximate surface area is 125 Å². The standard InChI is InChI=1S/C17H22N2O2/c1-17(16(18)21)8-9-19(13-17)12-15-7-4-6-14(11-15)5-2-3-10-20/h4,6-7,11,20H,3,8-10,12-13H2,1H3,(H2,18,21). The molecular formula is C17H22N2O2. The van der Waals surface area contributed by atoms with Crippen LogP contribution in [0.4, 0.5) is 0 Å². The van der Waals surface area contributed by atoms with Crippen LogP contribution in [0, 0.1) is 17.3 Å². The van der Waals surface area contributed by atoms with Gasteiger partial charge in [0.15, 0.2) is 0 Å². The number of carbonyl (C=O) groups is 1. The van der Waals surface area contributed by atoms with Crippen molar-refractivity contribution in [2.45, 2.75) is 26.3 Å². The molecule has 1 aromatic carbocycles. The Balaban J connectivity index is 2.00. The highest BCUT2D eigenvalue weighted by molar-refractivity contribution is 5.81. The number of amides is 1. The Morgan fingerprint density at radius 2 is 2.33 bits per heavy atom. The fourth-order valence-electron chi connectivity index (χ4n) is 2.62. The molecule has 0 aliphatic carbocycles. The van der Waals surface area contributed by atoms with E-state index < -0.39 is 5.41 Å². The van der Waals surface area contributed by atoms with Crippen LogP contribution in [0.15, 0.2) is 24.3 Å².